The summed E-state index contributed by atoms with van der Waals surface area (Å²) in [7, 11) is 1.73. The number of aliphatic carboxylic acids is 1. The van der Waals surface area contributed by atoms with Crippen molar-refractivity contribution in [1.82, 2.24) is 14.8 Å². The zero-order valence-corrected chi connectivity index (χ0v) is 26.6. The lowest BCUT2D eigenvalue weighted by molar-refractivity contribution is -0.144. The standard InChI is InChI=1S/C36H46N4O4/c1-24(2)40-22-29(21-38-40)28-11-18-37-32(20-28)39(33(41)26-5-7-27(8-6-26)34(42)43)23-35-12-15-36(16-13-35,17-14-35)30-9-10-31(44-4)25(3)19-30/h9-11,18-22,24,26-27H,5-8,12-17,23H2,1-4H3,(H,42,43)/t26-,27-,35?,36?. The van der Waals surface area contributed by atoms with Gasteiger partial charge in [0.15, 0.2) is 0 Å². The van der Waals surface area contributed by atoms with Gasteiger partial charge in [-0.1, -0.05) is 12.1 Å². The van der Waals surface area contributed by atoms with E-state index in [9.17, 15) is 14.7 Å². The number of carboxylic acids is 1. The third-order valence-electron chi connectivity index (χ3n) is 11.1. The Morgan fingerprint density at radius 1 is 1.00 bits per heavy atom. The van der Waals surface area contributed by atoms with Gasteiger partial charge in [-0.2, -0.15) is 5.10 Å². The Labute approximate surface area is 260 Å². The summed E-state index contributed by atoms with van der Waals surface area (Å²) in [6.07, 6.45) is 14.6. The van der Waals surface area contributed by atoms with Crippen LogP contribution in [0.3, 0.4) is 0 Å². The average Bonchev–Trinajstić information content (AvgIpc) is 3.56. The van der Waals surface area contributed by atoms with Gasteiger partial charge in [-0.05, 0) is 131 Å². The molecule has 0 spiro atoms. The van der Waals surface area contributed by atoms with Gasteiger partial charge < -0.3 is 9.84 Å². The predicted octanol–water partition coefficient (Wildman–Crippen LogP) is 7.36. The number of aromatic nitrogens is 3. The van der Waals surface area contributed by atoms with Crippen molar-refractivity contribution < 1.29 is 19.4 Å². The number of fused-ring (bicyclic) bond motifs is 3. The number of pyridine rings is 1. The van der Waals surface area contributed by atoms with Gasteiger partial charge in [-0.15, -0.1) is 0 Å². The molecule has 3 aromatic rings. The van der Waals surface area contributed by atoms with E-state index in [1.807, 2.05) is 34.1 Å². The van der Waals surface area contributed by atoms with Gasteiger partial charge >= 0.3 is 5.97 Å². The van der Waals surface area contributed by atoms with Gasteiger partial charge in [0.1, 0.15) is 11.6 Å². The van der Waals surface area contributed by atoms with Crippen molar-refractivity contribution in [1.29, 1.82) is 0 Å². The van der Waals surface area contributed by atoms with Crippen molar-refractivity contribution in [3.63, 3.8) is 0 Å². The molecule has 2 aromatic heterocycles. The van der Waals surface area contributed by atoms with Crippen LogP contribution >= 0.6 is 0 Å². The number of hydrogen-bond acceptors (Lipinski definition) is 5. The molecule has 0 atom stereocenters. The summed E-state index contributed by atoms with van der Waals surface area (Å²) in [5.74, 6) is 0.444. The average molecular weight is 599 g/mol. The first-order chi connectivity index (χ1) is 21.1. The molecule has 4 aliphatic rings. The molecule has 4 fully saturated rings. The van der Waals surface area contributed by atoms with Crippen molar-refractivity contribution in [2.75, 3.05) is 18.6 Å². The smallest absolute Gasteiger partial charge is 0.306 e. The predicted molar refractivity (Wildman–Crippen MR) is 171 cm³/mol. The molecule has 2 bridgehead atoms. The van der Waals surface area contributed by atoms with Crippen LogP contribution in [-0.4, -0.2) is 45.4 Å². The molecule has 1 N–H and O–H groups in total. The number of ether oxygens (including phenoxy) is 1. The highest BCUT2D eigenvalue weighted by Crippen LogP contribution is 2.58. The summed E-state index contributed by atoms with van der Waals surface area (Å²) < 4.78 is 7.47. The third kappa shape index (κ3) is 5.75. The number of rotatable bonds is 9. The number of anilines is 1. The van der Waals surface area contributed by atoms with Crippen LogP contribution in [0.4, 0.5) is 5.82 Å². The van der Waals surface area contributed by atoms with Crippen LogP contribution in [0.5, 0.6) is 5.75 Å². The highest BCUT2D eigenvalue weighted by Gasteiger charge is 2.51. The van der Waals surface area contributed by atoms with Crippen LogP contribution in [0.15, 0.2) is 48.9 Å². The number of hydrogen-bond donors (Lipinski definition) is 1. The molecule has 234 valence electrons. The fraction of sp³-hybridized carbons (Fsp3) is 0.556. The lowest BCUT2D eigenvalue weighted by Gasteiger charge is -2.55. The first-order valence-electron chi connectivity index (χ1n) is 16.3. The molecule has 7 rings (SSSR count). The van der Waals surface area contributed by atoms with E-state index >= 15 is 0 Å². The quantitative estimate of drug-likeness (QED) is 0.276. The van der Waals surface area contributed by atoms with Gasteiger partial charge in [-0.25, -0.2) is 4.98 Å². The number of carbonyl (C=O) groups excluding carboxylic acids is 1. The molecule has 44 heavy (non-hydrogen) atoms. The van der Waals surface area contributed by atoms with Crippen LogP contribution < -0.4 is 9.64 Å². The molecule has 0 unspecified atom stereocenters. The monoisotopic (exact) mass is 598 g/mol. The number of nitrogens with zero attached hydrogens (tertiary/aromatic N) is 4. The maximum absolute atomic E-state index is 14.4. The van der Waals surface area contributed by atoms with Crippen LogP contribution in [0.25, 0.3) is 11.1 Å². The highest BCUT2D eigenvalue weighted by molar-refractivity contribution is 5.95. The van der Waals surface area contributed by atoms with Gasteiger partial charge in [0.2, 0.25) is 5.91 Å². The van der Waals surface area contributed by atoms with Crippen molar-refractivity contribution in [2.24, 2.45) is 17.3 Å². The molecular weight excluding hydrogens is 552 g/mol. The van der Waals surface area contributed by atoms with E-state index in [2.05, 4.69) is 44.1 Å². The van der Waals surface area contributed by atoms with E-state index in [4.69, 9.17) is 9.72 Å². The molecule has 0 radical (unpaired) electrons. The second kappa shape index (κ2) is 12.0. The zero-order valence-electron chi connectivity index (χ0n) is 26.6. The van der Waals surface area contributed by atoms with Crippen molar-refractivity contribution in [3.8, 4) is 16.9 Å². The van der Waals surface area contributed by atoms with E-state index < -0.39 is 5.97 Å². The molecule has 1 amide bonds. The molecule has 0 aliphatic heterocycles. The molecule has 2 heterocycles. The van der Waals surface area contributed by atoms with E-state index in [0.29, 0.717) is 38.0 Å². The van der Waals surface area contributed by atoms with E-state index in [0.717, 1.165) is 55.4 Å². The van der Waals surface area contributed by atoms with E-state index in [1.54, 1.807) is 13.3 Å². The Morgan fingerprint density at radius 2 is 1.68 bits per heavy atom. The summed E-state index contributed by atoms with van der Waals surface area (Å²) in [4.78, 5) is 32.7. The molecule has 8 heteroatoms. The van der Waals surface area contributed by atoms with Gasteiger partial charge in [-0.3, -0.25) is 19.2 Å². The molecule has 4 aliphatic carbocycles. The first kappa shape index (κ1) is 30.4. The number of carboxylic acid groups (broad SMARTS) is 1. The zero-order chi connectivity index (χ0) is 31.1. The van der Waals surface area contributed by atoms with E-state index in [1.165, 1.54) is 11.1 Å². The number of aryl methyl sites for hydroxylation is 1. The number of methoxy groups -OCH3 is 1. The van der Waals surface area contributed by atoms with Gasteiger partial charge in [0, 0.05) is 36.5 Å². The maximum Gasteiger partial charge on any atom is 0.306 e. The molecular formula is C36H46N4O4. The minimum absolute atomic E-state index is 0.0530. The Kier molecular flexibility index (Phi) is 8.29. The fourth-order valence-corrected chi connectivity index (χ4v) is 8.07. The molecule has 1 aromatic carbocycles. The van der Waals surface area contributed by atoms with Crippen LogP contribution in [0, 0.1) is 24.2 Å². The fourth-order valence-electron chi connectivity index (χ4n) is 8.07. The lowest BCUT2D eigenvalue weighted by Crippen LogP contribution is -2.52. The highest BCUT2D eigenvalue weighted by atomic mass is 16.5. The Balaban J connectivity index is 1.26. The van der Waals surface area contributed by atoms with Gasteiger partial charge in [0.25, 0.3) is 0 Å². The second-order valence-electron chi connectivity index (χ2n) is 14.0. The third-order valence-corrected chi connectivity index (χ3v) is 11.1. The summed E-state index contributed by atoms with van der Waals surface area (Å²) in [6.45, 7) is 6.99. The Morgan fingerprint density at radius 3 is 2.27 bits per heavy atom. The summed E-state index contributed by atoms with van der Waals surface area (Å²) in [6, 6.07) is 11.0. The van der Waals surface area contributed by atoms with Crippen molar-refractivity contribution in [3.05, 3.63) is 60.0 Å². The topological polar surface area (TPSA) is 97.5 Å². The SMILES string of the molecule is COc1ccc(C23CCC(CN(c4cc(-c5cnn(C(C)C)c5)ccn4)C(=O)[C@H]4CC[C@H](C(=O)O)CC4)(CC2)CC3)cc1C. The van der Waals surface area contributed by atoms with Crippen molar-refractivity contribution in [2.45, 2.75) is 96.4 Å². The summed E-state index contributed by atoms with van der Waals surface area (Å²) in [5.41, 5.74) is 4.84. The largest absolute Gasteiger partial charge is 0.496 e. The normalized spacial score (nSPS) is 26.5. The minimum Gasteiger partial charge on any atom is -0.496 e. The summed E-state index contributed by atoms with van der Waals surface area (Å²) >= 11 is 0. The second-order valence-corrected chi connectivity index (χ2v) is 14.0. The van der Waals surface area contributed by atoms with Crippen molar-refractivity contribution >= 4 is 17.7 Å². The number of benzene rings is 1. The maximum atomic E-state index is 14.4. The Bertz CT molecular complexity index is 1500. The van der Waals surface area contributed by atoms with Crippen LogP contribution in [0.2, 0.25) is 0 Å². The molecule has 8 nitrogen and oxygen atoms in total. The minimum atomic E-state index is -0.747. The van der Waals surface area contributed by atoms with E-state index in [-0.39, 0.29) is 34.6 Å². The van der Waals surface area contributed by atoms with Gasteiger partial charge in [0.05, 0.1) is 19.2 Å². The number of carbonyl (C=O) groups is 2. The first-order valence-corrected chi connectivity index (χ1v) is 16.3. The van der Waals surface area contributed by atoms with Crippen LogP contribution in [-0.2, 0) is 15.0 Å². The molecule has 0 saturated heterocycles. The number of amides is 1. The molecule has 4 saturated carbocycles. The van der Waals surface area contributed by atoms with Crippen LogP contribution in [0.1, 0.15) is 95.2 Å². The summed E-state index contributed by atoms with van der Waals surface area (Å²) in [5, 5.41) is 14.1. The lowest BCUT2D eigenvalue weighted by atomic mass is 9.51. The Hall–Kier alpha value is -3.68.